The minimum absolute atomic E-state index is 0.0452. The van der Waals surface area contributed by atoms with Crippen LogP contribution in [0.2, 0.25) is 0 Å². The number of aromatic nitrogens is 2. The molecule has 1 saturated heterocycles. The third-order valence-electron chi connectivity index (χ3n) is 6.18. The smallest absolute Gasteiger partial charge is 0.459 e. The number of nitrogens with two attached hydrogens (primary N) is 1. The SMILES string of the molecule is C[C@H]1[C@H](F)[C@H](n2ccc(N)nc2=O)S[C@@H]1COP(=O)(N[C@@H](C)C(=O)OCc1ccccc1)Oc1ccc(I)cc1. The van der Waals surface area contributed by atoms with Crippen LogP contribution in [-0.2, 0) is 25.2 Å². The van der Waals surface area contributed by atoms with E-state index in [1.807, 2.05) is 30.3 Å². The summed E-state index contributed by atoms with van der Waals surface area (Å²) in [6.07, 6.45) is -0.00184. The molecule has 2 aromatic carbocycles. The van der Waals surface area contributed by atoms with Crippen LogP contribution in [-0.4, -0.2) is 39.6 Å². The van der Waals surface area contributed by atoms with Gasteiger partial charge in [0.25, 0.3) is 0 Å². The molecule has 40 heavy (non-hydrogen) atoms. The molecular weight excluding hydrogens is 673 g/mol. The number of nitrogens with zero attached hydrogens (tertiary/aromatic N) is 2. The third kappa shape index (κ3) is 7.84. The molecule has 2 heterocycles. The summed E-state index contributed by atoms with van der Waals surface area (Å²) in [7, 11) is -4.15. The molecule has 3 aromatic rings. The zero-order valence-corrected chi connectivity index (χ0v) is 25.6. The quantitative estimate of drug-likeness (QED) is 0.161. The predicted octanol–water partition coefficient (Wildman–Crippen LogP) is 4.94. The Kier molecular flexibility index (Phi) is 10.3. The van der Waals surface area contributed by atoms with Gasteiger partial charge >= 0.3 is 19.4 Å². The third-order valence-corrected chi connectivity index (χ3v) is 10.2. The topological polar surface area (TPSA) is 135 Å². The number of carbonyl (C=O) groups is 1. The van der Waals surface area contributed by atoms with Crippen molar-refractivity contribution in [2.45, 2.75) is 43.3 Å². The van der Waals surface area contributed by atoms with Crippen molar-refractivity contribution in [2.24, 2.45) is 5.92 Å². The van der Waals surface area contributed by atoms with E-state index in [4.69, 9.17) is 19.5 Å². The molecule has 10 nitrogen and oxygen atoms in total. The van der Waals surface area contributed by atoms with Crippen LogP contribution in [0.4, 0.5) is 10.2 Å². The lowest BCUT2D eigenvalue weighted by molar-refractivity contribution is -0.146. The number of benzene rings is 2. The molecular formula is C26H29FIN4O6PS. The van der Waals surface area contributed by atoms with Crippen molar-refractivity contribution in [3.8, 4) is 5.75 Å². The van der Waals surface area contributed by atoms with Crippen molar-refractivity contribution in [1.29, 1.82) is 0 Å². The van der Waals surface area contributed by atoms with Crippen LogP contribution in [0.3, 0.4) is 0 Å². The molecule has 0 spiro atoms. The fraction of sp³-hybridized carbons (Fsp3) is 0.346. The van der Waals surface area contributed by atoms with E-state index in [0.717, 1.165) is 20.9 Å². The van der Waals surface area contributed by atoms with Crippen LogP contribution >= 0.6 is 42.1 Å². The van der Waals surface area contributed by atoms with Gasteiger partial charge < -0.3 is 15.0 Å². The van der Waals surface area contributed by atoms with Gasteiger partial charge in [0.15, 0.2) is 0 Å². The van der Waals surface area contributed by atoms with E-state index in [0.29, 0.717) is 0 Å². The number of nitrogens with one attached hydrogen (secondary N) is 1. The Balaban J connectivity index is 1.46. The molecule has 0 radical (unpaired) electrons. The van der Waals surface area contributed by atoms with Gasteiger partial charge in [-0.1, -0.05) is 37.3 Å². The largest absolute Gasteiger partial charge is 0.460 e. The van der Waals surface area contributed by atoms with E-state index in [1.54, 1.807) is 31.2 Å². The molecule has 1 unspecified atom stereocenters. The highest BCUT2D eigenvalue weighted by Crippen LogP contribution is 2.50. The maximum Gasteiger partial charge on any atom is 0.459 e. The molecule has 0 saturated carbocycles. The lowest BCUT2D eigenvalue weighted by Gasteiger charge is -2.25. The Labute approximate surface area is 248 Å². The lowest BCUT2D eigenvalue weighted by Crippen LogP contribution is -2.35. The molecule has 214 valence electrons. The number of thioether (sulfide) groups is 1. The number of hydrogen-bond donors (Lipinski definition) is 2. The zero-order valence-electron chi connectivity index (χ0n) is 21.7. The first kappa shape index (κ1) is 30.5. The van der Waals surface area contributed by atoms with Gasteiger partial charge in [0.05, 0.1) is 6.61 Å². The van der Waals surface area contributed by atoms with E-state index in [2.05, 4.69) is 32.7 Å². The average Bonchev–Trinajstić information content (AvgIpc) is 3.21. The Hall–Kier alpha value is -2.45. The summed E-state index contributed by atoms with van der Waals surface area (Å²) in [5, 5.41) is 1.31. The van der Waals surface area contributed by atoms with E-state index in [9.17, 15) is 14.2 Å². The van der Waals surface area contributed by atoms with Crippen LogP contribution in [0.15, 0.2) is 71.7 Å². The van der Waals surface area contributed by atoms with Gasteiger partial charge in [-0.3, -0.25) is 13.9 Å². The van der Waals surface area contributed by atoms with Gasteiger partial charge in [0.2, 0.25) is 0 Å². The molecule has 1 fully saturated rings. The molecule has 4 rings (SSSR count). The fourth-order valence-electron chi connectivity index (χ4n) is 3.91. The summed E-state index contributed by atoms with van der Waals surface area (Å²) < 4.78 is 48.2. The molecule has 6 atom stereocenters. The Morgan fingerprint density at radius 1 is 1.23 bits per heavy atom. The first-order valence-corrected chi connectivity index (χ1v) is 15.9. The molecule has 0 amide bonds. The second-order valence-corrected chi connectivity index (χ2v) is 13.5. The Bertz CT molecular complexity index is 1420. The lowest BCUT2D eigenvalue weighted by atomic mass is 10.0. The predicted molar refractivity (Wildman–Crippen MR) is 160 cm³/mol. The van der Waals surface area contributed by atoms with Crippen molar-refractivity contribution in [1.82, 2.24) is 14.6 Å². The number of alkyl halides is 1. The van der Waals surface area contributed by atoms with Gasteiger partial charge in [-0.15, -0.1) is 11.8 Å². The summed E-state index contributed by atoms with van der Waals surface area (Å²) in [5.74, 6) is -0.904. The van der Waals surface area contributed by atoms with Crippen molar-refractivity contribution in [2.75, 3.05) is 12.3 Å². The van der Waals surface area contributed by atoms with Gasteiger partial charge in [0, 0.05) is 20.9 Å². The summed E-state index contributed by atoms with van der Waals surface area (Å²) in [6.45, 7) is 3.04. The Morgan fingerprint density at radius 2 is 1.93 bits per heavy atom. The monoisotopic (exact) mass is 702 g/mol. The van der Waals surface area contributed by atoms with Gasteiger partial charge in [0.1, 0.15) is 35.8 Å². The number of ether oxygens (including phenoxy) is 1. The van der Waals surface area contributed by atoms with Crippen molar-refractivity contribution in [3.05, 3.63) is 86.5 Å². The van der Waals surface area contributed by atoms with Crippen LogP contribution in [0, 0.1) is 9.49 Å². The number of anilines is 1. The van der Waals surface area contributed by atoms with Crippen LogP contribution < -0.4 is 21.0 Å². The van der Waals surface area contributed by atoms with Crippen LogP contribution in [0.5, 0.6) is 5.75 Å². The Morgan fingerprint density at radius 3 is 2.60 bits per heavy atom. The van der Waals surface area contributed by atoms with E-state index >= 15 is 4.39 Å². The van der Waals surface area contributed by atoms with Crippen molar-refractivity contribution < 1.29 is 27.5 Å². The molecule has 1 aliphatic heterocycles. The number of hydrogen-bond acceptors (Lipinski definition) is 9. The fourth-order valence-corrected chi connectivity index (χ4v) is 7.48. The van der Waals surface area contributed by atoms with Crippen LogP contribution in [0.25, 0.3) is 0 Å². The summed E-state index contributed by atoms with van der Waals surface area (Å²) in [5.41, 5.74) is 5.70. The van der Waals surface area contributed by atoms with E-state index in [1.165, 1.54) is 23.8 Å². The van der Waals surface area contributed by atoms with Gasteiger partial charge in [-0.2, -0.15) is 10.1 Å². The molecule has 1 aliphatic rings. The van der Waals surface area contributed by atoms with Gasteiger partial charge in [-0.05, 0) is 65.4 Å². The maximum absolute atomic E-state index is 15.3. The van der Waals surface area contributed by atoms with E-state index < -0.39 is 48.2 Å². The van der Waals surface area contributed by atoms with Gasteiger partial charge in [-0.25, -0.2) is 13.8 Å². The number of nitrogen functional groups attached to an aromatic ring is 1. The number of carbonyl (C=O) groups excluding carboxylic acids is 1. The standard InChI is InChI=1S/C26H29FIN4O6PS/c1-16-21(40-24(23(16)27)32-13-12-22(29)30-26(32)34)15-37-39(35,38-20-10-8-19(28)9-11-20)31-17(2)25(33)36-14-18-6-4-3-5-7-18/h3-13,16-17,21,23-24H,14-15H2,1-2H3,(H,31,35)(H2,29,30,34)/t16-,17+,21-,23+,24-,39?/m1/s1. The molecule has 3 N–H and O–H groups in total. The second kappa shape index (κ2) is 13.5. The first-order valence-electron chi connectivity index (χ1n) is 12.4. The normalized spacial score (nSPS) is 22.8. The highest BCUT2D eigenvalue weighted by molar-refractivity contribution is 14.1. The van der Waals surface area contributed by atoms with Crippen molar-refractivity contribution in [3.63, 3.8) is 0 Å². The minimum atomic E-state index is -4.15. The number of rotatable bonds is 11. The second-order valence-electron chi connectivity index (χ2n) is 9.19. The average molecular weight is 702 g/mol. The summed E-state index contributed by atoms with van der Waals surface area (Å²) in [4.78, 5) is 28.7. The highest BCUT2D eigenvalue weighted by Gasteiger charge is 2.45. The first-order chi connectivity index (χ1) is 19.0. The molecule has 0 aliphatic carbocycles. The highest BCUT2D eigenvalue weighted by atomic mass is 127. The van der Waals surface area contributed by atoms with Crippen molar-refractivity contribution >= 4 is 53.9 Å². The van der Waals surface area contributed by atoms with E-state index in [-0.39, 0.29) is 24.8 Å². The molecule has 0 bridgehead atoms. The summed E-state index contributed by atoms with van der Waals surface area (Å²) in [6, 6.07) is 16.3. The van der Waals surface area contributed by atoms with Crippen LogP contribution in [0.1, 0.15) is 24.8 Å². The molecule has 1 aromatic heterocycles. The summed E-state index contributed by atoms with van der Waals surface area (Å²) >= 11 is 3.29. The minimum Gasteiger partial charge on any atom is -0.460 e. The molecule has 14 heteroatoms. The maximum atomic E-state index is 15.3. The number of halogens is 2. The number of esters is 1. The zero-order chi connectivity index (χ0) is 28.9.